The second kappa shape index (κ2) is 6.43. The van der Waals surface area contributed by atoms with Crippen LogP contribution in [0.2, 0.25) is 4.34 Å². The Morgan fingerprint density at radius 1 is 1.50 bits per heavy atom. The molecule has 1 heterocycles. The summed E-state index contributed by atoms with van der Waals surface area (Å²) in [4.78, 5) is 12.1. The molecule has 0 fully saturated rings. The van der Waals surface area contributed by atoms with Gasteiger partial charge in [-0.1, -0.05) is 27.5 Å². The second-order valence-electron chi connectivity index (χ2n) is 2.76. The summed E-state index contributed by atoms with van der Waals surface area (Å²) in [5.74, 6) is -0.0310. The number of carbonyl (C=O) groups is 1. The number of halogens is 2. The molecule has 0 aliphatic carbocycles. The monoisotopic (exact) mass is 295 g/mol. The SMILES string of the molecule is O=C(NCCCCBr)c1ccc(Cl)s1. The maximum atomic E-state index is 11.5. The van der Waals surface area contributed by atoms with Gasteiger partial charge in [0, 0.05) is 11.9 Å². The standard InChI is InChI=1S/C9H11BrClNOS/c10-5-1-2-6-12-9(13)7-3-4-8(11)14-7/h3-4H,1-2,5-6H2,(H,12,13). The maximum Gasteiger partial charge on any atom is 0.261 e. The minimum atomic E-state index is -0.0310. The van der Waals surface area contributed by atoms with E-state index in [1.165, 1.54) is 11.3 Å². The highest BCUT2D eigenvalue weighted by Crippen LogP contribution is 2.20. The Balaban J connectivity index is 2.29. The molecular formula is C9H11BrClNOS. The molecule has 0 aliphatic rings. The average molecular weight is 297 g/mol. The smallest absolute Gasteiger partial charge is 0.261 e. The number of alkyl halides is 1. The van der Waals surface area contributed by atoms with Gasteiger partial charge in [-0.15, -0.1) is 11.3 Å². The predicted octanol–water partition coefficient (Wildman–Crippen LogP) is 3.31. The van der Waals surface area contributed by atoms with Crippen LogP contribution >= 0.6 is 38.9 Å². The Morgan fingerprint density at radius 3 is 2.86 bits per heavy atom. The van der Waals surface area contributed by atoms with E-state index in [1.807, 2.05) is 0 Å². The molecule has 0 aromatic carbocycles. The van der Waals surface area contributed by atoms with Crippen LogP contribution in [0.5, 0.6) is 0 Å². The van der Waals surface area contributed by atoms with E-state index < -0.39 is 0 Å². The molecule has 1 aromatic rings. The minimum Gasteiger partial charge on any atom is -0.351 e. The van der Waals surface area contributed by atoms with Crippen molar-refractivity contribution in [2.45, 2.75) is 12.8 Å². The van der Waals surface area contributed by atoms with Gasteiger partial charge in [-0.25, -0.2) is 0 Å². The van der Waals surface area contributed by atoms with Gasteiger partial charge in [-0.05, 0) is 25.0 Å². The molecule has 2 nitrogen and oxygen atoms in total. The van der Waals surface area contributed by atoms with Crippen molar-refractivity contribution in [2.24, 2.45) is 0 Å². The van der Waals surface area contributed by atoms with Crippen molar-refractivity contribution in [2.75, 3.05) is 11.9 Å². The summed E-state index contributed by atoms with van der Waals surface area (Å²) in [6.45, 7) is 0.722. The molecule has 0 spiro atoms. The van der Waals surface area contributed by atoms with Gasteiger partial charge < -0.3 is 5.32 Å². The molecule has 78 valence electrons. The Kier molecular flexibility index (Phi) is 5.52. The van der Waals surface area contributed by atoms with E-state index in [-0.39, 0.29) is 5.91 Å². The molecule has 0 bridgehead atoms. The molecule has 1 N–H and O–H groups in total. The normalized spacial score (nSPS) is 10.1. The number of carbonyl (C=O) groups excluding carboxylic acids is 1. The summed E-state index contributed by atoms with van der Waals surface area (Å²) in [6, 6.07) is 3.48. The van der Waals surface area contributed by atoms with Crippen molar-refractivity contribution in [3.05, 3.63) is 21.3 Å². The predicted molar refractivity (Wildman–Crippen MR) is 64.7 cm³/mol. The zero-order valence-corrected chi connectivity index (χ0v) is 10.7. The van der Waals surface area contributed by atoms with E-state index in [0.29, 0.717) is 9.21 Å². The van der Waals surface area contributed by atoms with Crippen LogP contribution in [-0.4, -0.2) is 17.8 Å². The van der Waals surface area contributed by atoms with Crippen molar-refractivity contribution in [1.29, 1.82) is 0 Å². The first-order valence-electron chi connectivity index (χ1n) is 4.33. The Hall–Kier alpha value is -0.0600. The van der Waals surface area contributed by atoms with Crippen LogP contribution in [0, 0.1) is 0 Å². The highest BCUT2D eigenvalue weighted by Gasteiger charge is 2.06. The van der Waals surface area contributed by atoms with Crippen LogP contribution in [0.15, 0.2) is 12.1 Å². The summed E-state index contributed by atoms with van der Waals surface area (Å²) < 4.78 is 0.649. The highest BCUT2D eigenvalue weighted by molar-refractivity contribution is 9.09. The lowest BCUT2D eigenvalue weighted by Gasteiger charge is -2.01. The number of amides is 1. The van der Waals surface area contributed by atoms with Gasteiger partial charge >= 0.3 is 0 Å². The molecule has 0 radical (unpaired) electrons. The third-order valence-electron chi connectivity index (χ3n) is 1.64. The quantitative estimate of drug-likeness (QED) is 0.655. The molecule has 0 unspecified atom stereocenters. The number of hydrogen-bond donors (Lipinski definition) is 1. The van der Waals surface area contributed by atoms with Crippen molar-refractivity contribution >= 4 is 44.8 Å². The van der Waals surface area contributed by atoms with Gasteiger partial charge in [-0.3, -0.25) is 4.79 Å². The van der Waals surface area contributed by atoms with Gasteiger partial charge in [0.15, 0.2) is 0 Å². The number of thiophene rings is 1. The Morgan fingerprint density at radius 2 is 2.29 bits per heavy atom. The first-order valence-corrected chi connectivity index (χ1v) is 6.65. The molecule has 1 rings (SSSR count). The van der Waals surface area contributed by atoms with Crippen LogP contribution in [0.1, 0.15) is 22.5 Å². The van der Waals surface area contributed by atoms with Crippen molar-refractivity contribution in [3.8, 4) is 0 Å². The lowest BCUT2D eigenvalue weighted by atomic mass is 10.3. The van der Waals surface area contributed by atoms with Crippen LogP contribution in [0.3, 0.4) is 0 Å². The summed E-state index contributed by atoms with van der Waals surface area (Å²) in [6.07, 6.45) is 2.07. The zero-order chi connectivity index (χ0) is 10.4. The fourth-order valence-electron chi connectivity index (χ4n) is 0.945. The molecule has 1 aromatic heterocycles. The van der Waals surface area contributed by atoms with E-state index in [4.69, 9.17) is 11.6 Å². The molecule has 0 saturated carbocycles. The minimum absolute atomic E-state index is 0.0310. The summed E-state index contributed by atoms with van der Waals surface area (Å²) in [5.41, 5.74) is 0. The number of nitrogens with one attached hydrogen (secondary N) is 1. The molecule has 5 heteroatoms. The van der Waals surface area contributed by atoms with E-state index in [9.17, 15) is 4.79 Å². The van der Waals surface area contributed by atoms with Gasteiger partial charge in [0.2, 0.25) is 0 Å². The van der Waals surface area contributed by atoms with E-state index in [0.717, 1.165) is 24.7 Å². The van der Waals surface area contributed by atoms with Gasteiger partial charge in [0.25, 0.3) is 5.91 Å². The second-order valence-corrected chi connectivity index (χ2v) is 5.26. The van der Waals surface area contributed by atoms with Gasteiger partial charge in [-0.2, -0.15) is 0 Å². The molecular weight excluding hydrogens is 286 g/mol. The molecule has 1 amide bonds. The largest absolute Gasteiger partial charge is 0.351 e. The van der Waals surface area contributed by atoms with E-state index in [2.05, 4.69) is 21.2 Å². The summed E-state index contributed by atoms with van der Waals surface area (Å²) in [7, 11) is 0. The third kappa shape index (κ3) is 3.98. The van der Waals surface area contributed by atoms with Crippen LogP contribution < -0.4 is 5.32 Å². The van der Waals surface area contributed by atoms with Crippen LogP contribution in [-0.2, 0) is 0 Å². The summed E-state index contributed by atoms with van der Waals surface area (Å²) in [5, 5.41) is 3.82. The average Bonchev–Trinajstić information content (AvgIpc) is 2.59. The van der Waals surface area contributed by atoms with Crippen molar-refractivity contribution < 1.29 is 4.79 Å². The molecule has 0 saturated heterocycles. The summed E-state index contributed by atoms with van der Waals surface area (Å²) >= 11 is 10.4. The lowest BCUT2D eigenvalue weighted by molar-refractivity contribution is 0.0957. The molecule has 14 heavy (non-hydrogen) atoms. The Labute approximate surface area is 101 Å². The van der Waals surface area contributed by atoms with Gasteiger partial charge in [0.1, 0.15) is 0 Å². The maximum absolute atomic E-state index is 11.5. The number of rotatable bonds is 5. The van der Waals surface area contributed by atoms with Crippen molar-refractivity contribution in [1.82, 2.24) is 5.32 Å². The lowest BCUT2D eigenvalue weighted by Crippen LogP contribution is -2.23. The first kappa shape index (κ1) is 12.0. The van der Waals surface area contributed by atoms with E-state index >= 15 is 0 Å². The fraction of sp³-hybridized carbons (Fsp3) is 0.444. The highest BCUT2D eigenvalue weighted by atomic mass is 79.9. The zero-order valence-electron chi connectivity index (χ0n) is 7.56. The van der Waals surface area contributed by atoms with Crippen LogP contribution in [0.4, 0.5) is 0 Å². The molecule has 0 aliphatic heterocycles. The topological polar surface area (TPSA) is 29.1 Å². The van der Waals surface area contributed by atoms with Gasteiger partial charge in [0.05, 0.1) is 9.21 Å². The number of unbranched alkanes of at least 4 members (excludes halogenated alkanes) is 1. The fourth-order valence-corrected chi connectivity index (χ4v) is 2.30. The molecule has 0 atom stereocenters. The van der Waals surface area contributed by atoms with Crippen LogP contribution in [0.25, 0.3) is 0 Å². The number of hydrogen-bond acceptors (Lipinski definition) is 2. The Bertz CT molecular complexity index is 303. The van der Waals surface area contributed by atoms with E-state index in [1.54, 1.807) is 12.1 Å². The van der Waals surface area contributed by atoms with Crippen molar-refractivity contribution in [3.63, 3.8) is 0 Å². The third-order valence-corrected chi connectivity index (χ3v) is 3.43. The first-order chi connectivity index (χ1) is 6.74.